The summed E-state index contributed by atoms with van der Waals surface area (Å²) in [6, 6.07) is 108. The van der Waals surface area contributed by atoms with Crippen LogP contribution in [0.1, 0.15) is 0 Å². The molecule has 0 N–H and O–H groups in total. The van der Waals surface area contributed by atoms with Crippen LogP contribution in [0.5, 0.6) is 0 Å². The van der Waals surface area contributed by atoms with E-state index in [0.29, 0.717) is 34.9 Å². The van der Waals surface area contributed by atoms with Crippen LogP contribution in [0.15, 0.2) is 324 Å². The lowest BCUT2D eigenvalue weighted by Crippen LogP contribution is -2.00. The molecule has 0 amide bonds. The molecule has 440 valence electrons. The fraction of sp³-hybridized carbons (Fsp3) is 0. The predicted octanol–water partition coefficient (Wildman–Crippen LogP) is 21.4. The highest BCUT2D eigenvalue weighted by Gasteiger charge is 2.24. The Hall–Kier alpha value is -12.9. The summed E-state index contributed by atoms with van der Waals surface area (Å²) < 4.78 is 17.8. The van der Waals surface area contributed by atoms with Crippen LogP contribution in [0.25, 0.3) is 178 Å². The highest BCUT2D eigenvalue weighted by molar-refractivity contribution is 6.21. The zero-order valence-corrected chi connectivity index (χ0v) is 50.4. The number of hydrogen-bond donors (Lipinski definition) is 0. The van der Waals surface area contributed by atoms with Gasteiger partial charge in [-0.15, -0.1) is 0 Å². The van der Waals surface area contributed by atoms with Crippen molar-refractivity contribution < 1.29 is 8.83 Å². The van der Waals surface area contributed by atoms with Gasteiger partial charge in [-0.05, 0) is 83.9 Å². The van der Waals surface area contributed by atoms with Gasteiger partial charge in [-0.1, -0.05) is 243 Å². The van der Waals surface area contributed by atoms with Crippen LogP contribution < -0.4 is 0 Å². The van der Waals surface area contributed by atoms with Crippen molar-refractivity contribution in [3.05, 3.63) is 315 Å². The molecule has 0 spiro atoms. The maximum absolute atomic E-state index is 6.59. The highest BCUT2D eigenvalue weighted by atomic mass is 16.3. The first-order valence-corrected chi connectivity index (χ1v) is 31.3. The molecular weight excluding hydrogens is 1150 g/mol. The van der Waals surface area contributed by atoms with E-state index in [0.717, 1.165) is 127 Å². The molecule has 0 bridgehead atoms. The van der Waals surface area contributed by atoms with Crippen LogP contribution in [-0.2, 0) is 0 Å². The molecule has 10 nitrogen and oxygen atoms in total. The molecule has 19 rings (SSSR count). The minimum absolute atomic E-state index is 0.595. The predicted molar refractivity (Wildman–Crippen MR) is 381 cm³/mol. The number of para-hydroxylation sites is 4. The lowest BCUT2D eigenvalue weighted by Gasteiger charge is -2.10. The second kappa shape index (κ2) is 22.5. The molecule has 0 atom stereocenters. The van der Waals surface area contributed by atoms with Crippen molar-refractivity contribution in [1.82, 2.24) is 39.0 Å². The van der Waals surface area contributed by atoms with Crippen LogP contribution in [0.2, 0.25) is 0 Å². The fourth-order valence-electron chi connectivity index (χ4n) is 13.4. The molecule has 94 heavy (non-hydrogen) atoms. The molecule has 0 saturated heterocycles. The van der Waals surface area contributed by atoms with Gasteiger partial charge in [-0.2, -0.15) is 0 Å². The van der Waals surface area contributed by atoms with E-state index >= 15 is 0 Å². The van der Waals surface area contributed by atoms with Gasteiger partial charge in [0.2, 0.25) is 0 Å². The van der Waals surface area contributed by atoms with Gasteiger partial charge in [-0.25, -0.2) is 29.9 Å². The Morgan fingerprint density at radius 1 is 0.202 bits per heavy atom. The average molecular weight is 1210 g/mol. The number of fused-ring (bicyclic) bond motifs is 12. The molecule has 0 fully saturated rings. The van der Waals surface area contributed by atoms with Crippen molar-refractivity contribution in [3.63, 3.8) is 0 Å². The third-order valence-electron chi connectivity index (χ3n) is 17.7. The summed E-state index contributed by atoms with van der Waals surface area (Å²) in [5.74, 6) is 3.70. The Balaban J connectivity index is 0.000000139. The molecule has 6 heterocycles. The van der Waals surface area contributed by atoms with Gasteiger partial charge in [0.25, 0.3) is 0 Å². The monoisotopic (exact) mass is 1200 g/mol. The van der Waals surface area contributed by atoms with Crippen LogP contribution in [0.3, 0.4) is 0 Å². The van der Waals surface area contributed by atoms with Gasteiger partial charge >= 0.3 is 0 Å². The minimum atomic E-state index is 0.595. The largest absolute Gasteiger partial charge is 0.456 e. The lowest BCUT2D eigenvalue weighted by molar-refractivity contribution is 0.669. The van der Waals surface area contributed by atoms with E-state index in [1.807, 2.05) is 127 Å². The molecule has 6 aromatic heterocycles. The van der Waals surface area contributed by atoms with E-state index in [1.165, 1.54) is 16.3 Å². The number of furan rings is 2. The summed E-state index contributed by atoms with van der Waals surface area (Å²) in [5, 5.41) is 8.65. The normalized spacial score (nSPS) is 11.6. The van der Waals surface area contributed by atoms with Crippen LogP contribution in [-0.4, -0.2) is 39.0 Å². The molecule has 0 saturated carbocycles. The number of hydrogen-bond acceptors (Lipinski definition) is 8. The third-order valence-corrected chi connectivity index (χ3v) is 17.7. The van der Waals surface area contributed by atoms with E-state index in [2.05, 4.69) is 197 Å². The summed E-state index contributed by atoms with van der Waals surface area (Å²) in [4.78, 5) is 30.2. The van der Waals surface area contributed by atoms with E-state index in [4.69, 9.17) is 38.7 Å². The Labute approximate surface area is 538 Å². The number of nitrogens with zero attached hydrogens (tertiary/aromatic N) is 8. The van der Waals surface area contributed by atoms with E-state index in [-0.39, 0.29) is 0 Å². The SMILES string of the molecule is c1ccc(-c2ccc(-c3nc(-c4ccccc4)nc(-c4cccc5oc6cc7c8ccccc8n(-c8ccccc8)c7cc6c45)n3)cc2)cc1.c1ccc(-c2nc(-c3ccccc3)nc(-c3cccc4oc5cc6c7ccccc7n(-c7ccccc7)c6cc5c34)n2)cc1. The summed E-state index contributed by atoms with van der Waals surface area (Å²) in [6.07, 6.45) is 0. The fourth-order valence-corrected chi connectivity index (χ4v) is 13.4. The van der Waals surface area contributed by atoms with Crippen molar-refractivity contribution in [2.75, 3.05) is 0 Å². The zero-order chi connectivity index (χ0) is 62.1. The van der Waals surface area contributed by atoms with Gasteiger partial charge < -0.3 is 18.0 Å². The van der Waals surface area contributed by atoms with E-state index < -0.39 is 0 Å². The van der Waals surface area contributed by atoms with Crippen LogP contribution in [0.4, 0.5) is 0 Å². The first-order chi connectivity index (χ1) is 46.6. The van der Waals surface area contributed by atoms with Gasteiger partial charge in [0.1, 0.15) is 22.3 Å². The van der Waals surface area contributed by atoms with E-state index in [1.54, 1.807) is 0 Å². The van der Waals surface area contributed by atoms with E-state index in [9.17, 15) is 0 Å². The van der Waals surface area contributed by atoms with Crippen molar-refractivity contribution >= 4 is 87.5 Å². The minimum Gasteiger partial charge on any atom is -0.456 e. The Morgan fingerprint density at radius 2 is 0.511 bits per heavy atom. The second-order valence-electron chi connectivity index (χ2n) is 23.3. The molecule has 10 heteroatoms. The first-order valence-electron chi connectivity index (χ1n) is 31.3. The van der Waals surface area contributed by atoms with Gasteiger partial charge in [0.05, 0.1) is 22.1 Å². The lowest BCUT2D eigenvalue weighted by atomic mass is 10.0. The zero-order valence-electron chi connectivity index (χ0n) is 50.4. The number of rotatable bonds is 9. The molecule has 0 aliphatic rings. The van der Waals surface area contributed by atoms with Gasteiger partial charge in [0.15, 0.2) is 34.9 Å². The summed E-state index contributed by atoms with van der Waals surface area (Å²) in [5.41, 5.74) is 17.8. The molecule has 0 aliphatic carbocycles. The standard InChI is InChI=1S/C45H28N4O.C39H24N4O/c1-4-13-29(14-5-1)30-23-25-32(26-24-30)44-46-43(31-15-6-2-7-16-31)47-45(48-44)35-20-12-22-40-42(35)37-27-39-36(28-41(37)50-40)34-19-10-11-21-38(34)49(39)33-17-8-3-9-18-33;1-4-13-25(14-5-1)37-40-38(26-15-6-2-7-16-26)42-39(41-37)29-20-12-22-34-36(29)31-23-33-30(24-35(31)44-34)28-19-10-11-21-32(28)43(33)27-17-8-3-9-18-27/h1-28H;1-24H. The van der Waals surface area contributed by atoms with Crippen molar-refractivity contribution in [2.45, 2.75) is 0 Å². The highest BCUT2D eigenvalue weighted by Crippen LogP contribution is 2.44. The summed E-state index contributed by atoms with van der Waals surface area (Å²) in [7, 11) is 0. The summed E-state index contributed by atoms with van der Waals surface area (Å²) >= 11 is 0. The van der Waals surface area contributed by atoms with Gasteiger partial charge in [-0.3, -0.25) is 0 Å². The average Bonchev–Trinajstić information content (AvgIpc) is 1.57. The quantitative estimate of drug-likeness (QED) is 0.140. The molecule has 0 unspecified atom stereocenters. The van der Waals surface area contributed by atoms with Crippen LogP contribution >= 0.6 is 0 Å². The number of aromatic nitrogens is 8. The Bertz CT molecular complexity index is 6010. The Kier molecular flexibility index (Phi) is 13.0. The van der Waals surface area contributed by atoms with Crippen molar-refractivity contribution in [1.29, 1.82) is 0 Å². The molecule has 0 aliphatic heterocycles. The molecular formula is C84H52N8O2. The Morgan fingerprint density at radius 3 is 0.904 bits per heavy atom. The smallest absolute Gasteiger partial charge is 0.164 e. The topological polar surface area (TPSA) is 113 Å². The van der Waals surface area contributed by atoms with Crippen molar-refractivity contribution in [2.24, 2.45) is 0 Å². The first kappa shape index (κ1) is 54.1. The molecule has 13 aromatic carbocycles. The van der Waals surface area contributed by atoms with Crippen molar-refractivity contribution in [3.8, 4) is 90.8 Å². The van der Waals surface area contributed by atoms with Crippen LogP contribution in [0, 0.1) is 0 Å². The molecule has 0 radical (unpaired) electrons. The third kappa shape index (κ3) is 9.35. The maximum Gasteiger partial charge on any atom is 0.164 e. The number of benzene rings is 13. The molecule has 19 aromatic rings. The second-order valence-corrected chi connectivity index (χ2v) is 23.3. The maximum atomic E-state index is 6.59. The summed E-state index contributed by atoms with van der Waals surface area (Å²) in [6.45, 7) is 0. The van der Waals surface area contributed by atoms with Gasteiger partial charge in [0, 0.05) is 87.8 Å².